The molecule has 0 aromatic heterocycles. The predicted molar refractivity (Wildman–Crippen MR) is 73.4 cm³/mol. The van der Waals surface area contributed by atoms with Crippen LogP contribution in [0.15, 0.2) is 16.6 Å². The van der Waals surface area contributed by atoms with Crippen molar-refractivity contribution in [2.45, 2.75) is 19.9 Å². The molecule has 5 heteroatoms. The minimum absolute atomic E-state index is 0.161. The first kappa shape index (κ1) is 13.4. The first-order chi connectivity index (χ1) is 8.58. The monoisotopic (exact) mass is 312 g/mol. The minimum atomic E-state index is -0.279. The van der Waals surface area contributed by atoms with Crippen LogP contribution in [-0.4, -0.2) is 19.1 Å². The molecule has 1 unspecified atom stereocenters. The van der Waals surface area contributed by atoms with E-state index in [0.29, 0.717) is 13.1 Å². The number of halogens is 1. The van der Waals surface area contributed by atoms with Crippen LogP contribution in [-0.2, 0) is 17.8 Å². The Hall–Kier alpha value is -1.07. The molecule has 1 aliphatic rings. The van der Waals surface area contributed by atoms with Crippen LogP contribution in [0.4, 0.5) is 0 Å². The number of nitrogens with one attached hydrogen (secondary N) is 1. The summed E-state index contributed by atoms with van der Waals surface area (Å²) in [6, 6.07) is 4.14. The Balaban J connectivity index is 2.00. The summed E-state index contributed by atoms with van der Waals surface area (Å²) in [5.41, 5.74) is 7.58. The van der Waals surface area contributed by atoms with Crippen molar-refractivity contribution in [2.24, 2.45) is 11.7 Å². The standard InChI is InChI=1S/C13H17BrN2O2/c1-8(13(15)17)6-16-7-10-5-11(14)4-9-2-3-18-12(9)10/h4-5,8,16H,2-3,6-7H2,1H3,(H2,15,17). The number of fused-ring (bicyclic) bond motifs is 1. The highest BCUT2D eigenvalue weighted by molar-refractivity contribution is 9.10. The summed E-state index contributed by atoms with van der Waals surface area (Å²) in [6.07, 6.45) is 0.958. The zero-order valence-corrected chi connectivity index (χ0v) is 11.9. The molecule has 18 heavy (non-hydrogen) atoms. The van der Waals surface area contributed by atoms with Crippen molar-refractivity contribution in [3.05, 3.63) is 27.7 Å². The second-order valence-corrected chi connectivity index (χ2v) is 5.50. The third kappa shape index (κ3) is 3.03. The molecule has 1 aromatic carbocycles. The van der Waals surface area contributed by atoms with Crippen LogP contribution in [0.5, 0.6) is 5.75 Å². The van der Waals surface area contributed by atoms with Crippen LogP contribution in [0.2, 0.25) is 0 Å². The van der Waals surface area contributed by atoms with Crippen LogP contribution in [0.1, 0.15) is 18.1 Å². The summed E-state index contributed by atoms with van der Waals surface area (Å²) in [5.74, 6) is 0.543. The maximum absolute atomic E-state index is 10.9. The Labute approximate surface area is 115 Å². The fourth-order valence-corrected chi connectivity index (χ4v) is 2.55. The average molecular weight is 313 g/mol. The van der Waals surface area contributed by atoms with Gasteiger partial charge in [0.2, 0.25) is 5.91 Å². The van der Waals surface area contributed by atoms with E-state index in [0.717, 1.165) is 28.8 Å². The van der Waals surface area contributed by atoms with Gasteiger partial charge in [0.15, 0.2) is 0 Å². The molecule has 1 amide bonds. The van der Waals surface area contributed by atoms with E-state index in [2.05, 4.69) is 27.3 Å². The number of nitrogens with two attached hydrogens (primary N) is 1. The van der Waals surface area contributed by atoms with E-state index in [-0.39, 0.29) is 11.8 Å². The lowest BCUT2D eigenvalue weighted by Gasteiger charge is -2.12. The third-order valence-electron chi connectivity index (χ3n) is 3.08. The van der Waals surface area contributed by atoms with Gasteiger partial charge < -0.3 is 15.8 Å². The van der Waals surface area contributed by atoms with E-state index in [4.69, 9.17) is 10.5 Å². The maximum atomic E-state index is 10.9. The zero-order valence-electron chi connectivity index (χ0n) is 10.3. The minimum Gasteiger partial charge on any atom is -0.493 e. The lowest BCUT2D eigenvalue weighted by atomic mass is 10.1. The molecule has 1 aliphatic heterocycles. The van der Waals surface area contributed by atoms with Gasteiger partial charge in [0, 0.05) is 35.5 Å². The van der Waals surface area contributed by atoms with E-state index >= 15 is 0 Å². The number of hydrogen-bond acceptors (Lipinski definition) is 3. The van der Waals surface area contributed by atoms with Gasteiger partial charge in [-0.2, -0.15) is 0 Å². The zero-order chi connectivity index (χ0) is 13.1. The van der Waals surface area contributed by atoms with Gasteiger partial charge in [-0.05, 0) is 17.7 Å². The first-order valence-corrected chi connectivity index (χ1v) is 6.81. The molecule has 0 radical (unpaired) electrons. The van der Waals surface area contributed by atoms with Crippen LogP contribution in [0.25, 0.3) is 0 Å². The molecule has 0 saturated heterocycles. The van der Waals surface area contributed by atoms with Crippen LogP contribution in [0.3, 0.4) is 0 Å². The number of amides is 1. The molecule has 0 bridgehead atoms. The molecule has 3 N–H and O–H groups in total. The molecule has 2 rings (SSSR count). The normalized spacial score (nSPS) is 15.0. The quantitative estimate of drug-likeness (QED) is 0.868. The molecule has 1 aromatic rings. The average Bonchev–Trinajstić information content (AvgIpc) is 2.76. The smallest absolute Gasteiger partial charge is 0.221 e. The molecule has 4 nitrogen and oxygen atoms in total. The van der Waals surface area contributed by atoms with Crippen molar-refractivity contribution in [2.75, 3.05) is 13.2 Å². The summed E-state index contributed by atoms with van der Waals surface area (Å²) in [5, 5.41) is 3.24. The van der Waals surface area contributed by atoms with Gasteiger partial charge in [0.05, 0.1) is 6.61 Å². The summed E-state index contributed by atoms with van der Waals surface area (Å²) in [7, 11) is 0. The highest BCUT2D eigenvalue weighted by Gasteiger charge is 2.17. The molecule has 0 spiro atoms. The van der Waals surface area contributed by atoms with Crippen LogP contribution < -0.4 is 15.8 Å². The van der Waals surface area contributed by atoms with E-state index < -0.39 is 0 Å². The molecule has 1 heterocycles. The fraction of sp³-hybridized carbons (Fsp3) is 0.462. The summed E-state index contributed by atoms with van der Waals surface area (Å²) >= 11 is 3.50. The molecule has 0 saturated carbocycles. The van der Waals surface area contributed by atoms with Gasteiger partial charge in [-0.1, -0.05) is 22.9 Å². The van der Waals surface area contributed by atoms with Crippen molar-refractivity contribution in [3.8, 4) is 5.75 Å². The Morgan fingerprint density at radius 2 is 2.39 bits per heavy atom. The Morgan fingerprint density at radius 1 is 1.61 bits per heavy atom. The number of benzene rings is 1. The molecule has 0 aliphatic carbocycles. The van der Waals surface area contributed by atoms with Crippen molar-refractivity contribution in [1.29, 1.82) is 0 Å². The van der Waals surface area contributed by atoms with E-state index in [1.165, 1.54) is 5.56 Å². The van der Waals surface area contributed by atoms with Crippen molar-refractivity contribution < 1.29 is 9.53 Å². The molecule has 0 fully saturated rings. The topological polar surface area (TPSA) is 64.3 Å². The summed E-state index contributed by atoms with van der Waals surface area (Å²) in [6.45, 7) is 3.82. The van der Waals surface area contributed by atoms with Crippen LogP contribution >= 0.6 is 15.9 Å². The van der Waals surface area contributed by atoms with Gasteiger partial charge in [0.25, 0.3) is 0 Å². The van der Waals surface area contributed by atoms with Crippen LogP contribution in [0, 0.1) is 5.92 Å². The fourth-order valence-electron chi connectivity index (χ4n) is 2.00. The maximum Gasteiger partial charge on any atom is 0.221 e. The van der Waals surface area contributed by atoms with E-state index in [1.807, 2.05) is 13.0 Å². The number of carbonyl (C=O) groups excluding carboxylic acids is 1. The van der Waals surface area contributed by atoms with Gasteiger partial charge in [-0.15, -0.1) is 0 Å². The second kappa shape index (κ2) is 5.71. The van der Waals surface area contributed by atoms with Gasteiger partial charge in [0.1, 0.15) is 5.75 Å². The Morgan fingerprint density at radius 3 is 3.11 bits per heavy atom. The molecular weight excluding hydrogens is 296 g/mol. The molecular formula is C13H17BrN2O2. The highest BCUT2D eigenvalue weighted by Crippen LogP contribution is 2.32. The van der Waals surface area contributed by atoms with E-state index in [1.54, 1.807) is 0 Å². The van der Waals surface area contributed by atoms with Gasteiger partial charge in [-0.25, -0.2) is 0 Å². The third-order valence-corrected chi connectivity index (χ3v) is 3.53. The lowest BCUT2D eigenvalue weighted by molar-refractivity contribution is -0.121. The largest absolute Gasteiger partial charge is 0.493 e. The lowest BCUT2D eigenvalue weighted by Crippen LogP contribution is -2.30. The number of rotatable bonds is 5. The summed E-state index contributed by atoms with van der Waals surface area (Å²) < 4.78 is 6.70. The Bertz CT molecular complexity index is 463. The first-order valence-electron chi connectivity index (χ1n) is 6.02. The van der Waals surface area contributed by atoms with Crippen molar-refractivity contribution in [1.82, 2.24) is 5.32 Å². The van der Waals surface area contributed by atoms with Gasteiger partial charge >= 0.3 is 0 Å². The highest BCUT2D eigenvalue weighted by atomic mass is 79.9. The number of ether oxygens (including phenoxy) is 1. The van der Waals surface area contributed by atoms with Gasteiger partial charge in [-0.3, -0.25) is 4.79 Å². The molecule has 1 atom stereocenters. The Kier molecular flexibility index (Phi) is 4.24. The van der Waals surface area contributed by atoms with E-state index in [9.17, 15) is 4.79 Å². The SMILES string of the molecule is CC(CNCc1cc(Br)cc2c1OCC2)C(N)=O. The second-order valence-electron chi connectivity index (χ2n) is 4.59. The predicted octanol–water partition coefficient (Wildman–Crippen LogP) is 1.60. The number of carbonyl (C=O) groups is 1. The number of hydrogen-bond donors (Lipinski definition) is 2. The number of primary amides is 1. The van der Waals surface area contributed by atoms with Crippen molar-refractivity contribution >= 4 is 21.8 Å². The molecule has 98 valence electrons. The van der Waals surface area contributed by atoms with Crippen molar-refractivity contribution in [3.63, 3.8) is 0 Å². The summed E-state index contributed by atoms with van der Waals surface area (Å²) in [4.78, 5) is 10.9.